The van der Waals surface area contributed by atoms with Gasteiger partial charge in [-0.05, 0) is 17.4 Å². The zero-order valence-electron chi connectivity index (χ0n) is 16.5. The maximum Gasteiger partial charge on any atom is 0.290 e. The van der Waals surface area contributed by atoms with Crippen LogP contribution in [-0.2, 0) is 20.8 Å². The first-order valence-electron chi connectivity index (χ1n) is 9.61. The highest BCUT2D eigenvalue weighted by molar-refractivity contribution is 6.08. The van der Waals surface area contributed by atoms with Crippen molar-refractivity contribution in [2.24, 2.45) is 11.8 Å². The van der Waals surface area contributed by atoms with Gasteiger partial charge in [0.15, 0.2) is 5.76 Å². The standard InChI is InChI=1S/C23H23N3O3/c1-14-8-9-16(19(10-14)28-2)20-17(11-24)22(25)29-21-18(20)13-26(23(21)27)12-15-6-4-3-5-7-15/h3-9,14,20,24-25H,10,12-13H2,1-2H3. The van der Waals surface area contributed by atoms with Crippen molar-refractivity contribution >= 4 is 17.7 Å². The molecule has 2 unspecified atom stereocenters. The molecule has 0 fully saturated rings. The number of benzene rings is 1. The van der Waals surface area contributed by atoms with Gasteiger partial charge in [-0.15, -0.1) is 0 Å². The highest BCUT2D eigenvalue weighted by Crippen LogP contribution is 2.43. The number of rotatable bonds is 4. The highest BCUT2D eigenvalue weighted by atomic mass is 16.5. The van der Waals surface area contributed by atoms with Gasteiger partial charge in [0.1, 0.15) is 5.76 Å². The van der Waals surface area contributed by atoms with Gasteiger partial charge in [0, 0.05) is 30.7 Å². The summed E-state index contributed by atoms with van der Waals surface area (Å²) in [7, 11) is 1.64. The number of ether oxygens (including phenoxy) is 2. The SMILES string of the molecule is COC1=C(C2C(=C=N)C(=N)OC3=C2CN(Cc2ccccc2)C3=O)C=CC(C)C1. The van der Waals surface area contributed by atoms with Crippen molar-refractivity contribution in [2.75, 3.05) is 13.7 Å². The summed E-state index contributed by atoms with van der Waals surface area (Å²) in [6.45, 7) is 2.95. The van der Waals surface area contributed by atoms with Gasteiger partial charge < -0.3 is 14.4 Å². The lowest BCUT2D eigenvalue weighted by molar-refractivity contribution is -0.128. The molecule has 4 rings (SSSR count). The maximum absolute atomic E-state index is 13.0. The van der Waals surface area contributed by atoms with E-state index >= 15 is 0 Å². The molecule has 2 heterocycles. The molecule has 1 aromatic rings. The van der Waals surface area contributed by atoms with Crippen molar-refractivity contribution in [3.05, 3.63) is 76.3 Å². The largest absolute Gasteiger partial charge is 0.501 e. The topological polar surface area (TPSA) is 86.5 Å². The summed E-state index contributed by atoms with van der Waals surface area (Å²) in [4.78, 5) is 14.7. The van der Waals surface area contributed by atoms with Gasteiger partial charge in [-0.2, -0.15) is 0 Å². The normalized spacial score (nSPS) is 23.9. The first-order valence-corrected chi connectivity index (χ1v) is 9.61. The molecule has 0 bridgehead atoms. The number of carbonyl (C=O) groups is 1. The van der Waals surface area contributed by atoms with Crippen LogP contribution >= 0.6 is 0 Å². The molecule has 29 heavy (non-hydrogen) atoms. The van der Waals surface area contributed by atoms with Gasteiger partial charge in [-0.25, -0.2) is 0 Å². The smallest absolute Gasteiger partial charge is 0.290 e. The van der Waals surface area contributed by atoms with Crippen LogP contribution in [0.4, 0.5) is 0 Å². The number of nitrogens with zero attached hydrogens (tertiary/aromatic N) is 1. The Bertz CT molecular complexity index is 1010. The summed E-state index contributed by atoms with van der Waals surface area (Å²) in [5.74, 6) is 2.87. The summed E-state index contributed by atoms with van der Waals surface area (Å²) in [6.07, 6.45) is 4.82. The van der Waals surface area contributed by atoms with Crippen LogP contribution < -0.4 is 0 Å². The maximum atomic E-state index is 13.0. The minimum Gasteiger partial charge on any atom is -0.501 e. The van der Waals surface area contributed by atoms with E-state index in [0.29, 0.717) is 24.6 Å². The Kier molecular flexibility index (Phi) is 4.95. The minimum absolute atomic E-state index is 0.199. The van der Waals surface area contributed by atoms with Crippen molar-refractivity contribution in [2.45, 2.75) is 19.9 Å². The fourth-order valence-electron chi connectivity index (χ4n) is 4.13. The van der Waals surface area contributed by atoms with Crippen molar-refractivity contribution in [1.82, 2.24) is 4.90 Å². The monoisotopic (exact) mass is 389 g/mol. The second-order valence-corrected chi connectivity index (χ2v) is 7.53. The van der Waals surface area contributed by atoms with E-state index < -0.39 is 5.92 Å². The van der Waals surface area contributed by atoms with Crippen LogP contribution in [0.5, 0.6) is 0 Å². The van der Waals surface area contributed by atoms with E-state index in [2.05, 4.69) is 18.9 Å². The number of allylic oxidation sites excluding steroid dienone is 4. The molecule has 2 atom stereocenters. The van der Waals surface area contributed by atoms with Gasteiger partial charge >= 0.3 is 0 Å². The third-order valence-electron chi connectivity index (χ3n) is 5.56. The Hall–Kier alpha value is -3.37. The second-order valence-electron chi connectivity index (χ2n) is 7.53. The molecule has 0 saturated heterocycles. The molecule has 6 nitrogen and oxygen atoms in total. The van der Waals surface area contributed by atoms with E-state index in [4.69, 9.17) is 20.3 Å². The average molecular weight is 389 g/mol. The first-order chi connectivity index (χ1) is 14.0. The number of amides is 1. The van der Waals surface area contributed by atoms with Crippen LogP contribution in [0.1, 0.15) is 18.9 Å². The Labute approximate surface area is 169 Å². The molecule has 1 amide bonds. The Balaban J connectivity index is 1.74. The van der Waals surface area contributed by atoms with E-state index in [0.717, 1.165) is 28.9 Å². The number of nitrogens with one attached hydrogen (secondary N) is 2. The molecule has 1 aliphatic carbocycles. The summed E-state index contributed by atoms with van der Waals surface area (Å²) < 4.78 is 11.2. The molecule has 0 radical (unpaired) electrons. The van der Waals surface area contributed by atoms with Gasteiger partial charge in [0.25, 0.3) is 5.91 Å². The summed E-state index contributed by atoms with van der Waals surface area (Å²) >= 11 is 0. The van der Waals surface area contributed by atoms with Gasteiger partial charge in [0.2, 0.25) is 5.90 Å². The van der Waals surface area contributed by atoms with Crippen molar-refractivity contribution in [3.63, 3.8) is 0 Å². The lowest BCUT2D eigenvalue weighted by atomic mass is 9.79. The average Bonchev–Trinajstić information content (AvgIpc) is 3.03. The van der Waals surface area contributed by atoms with E-state index in [1.807, 2.05) is 36.4 Å². The predicted molar refractivity (Wildman–Crippen MR) is 109 cm³/mol. The molecule has 0 spiro atoms. The molecule has 0 saturated carbocycles. The van der Waals surface area contributed by atoms with Crippen molar-refractivity contribution in [3.8, 4) is 0 Å². The lowest BCUT2D eigenvalue weighted by Crippen LogP contribution is -2.28. The quantitative estimate of drug-likeness (QED) is 0.772. The van der Waals surface area contributed by atoms with Crippen LogP contribution in [0, 0.1) is 22.7 Å². The fourth-order valence-corrected chi connectivity index (χ4v) is 4.13. The molecular weight excluding hydrogens is 366 g/mol. The molecule has 1 aromatic carbocycles. The number of hydrogen-bond acceptors (Lipinski definition) is 5. The molecule has 2 N–H and O–H groups in total. The van der Waals surface area contributed by atoms with Crippen LogP contribution in [-0.4, -0.2) is 36.2 Å². The van der Waals surface area contributed by atoms with E-state index in [1.54, 1.807) is 12.0 Å². The Morgan fingerprint density at radius 2 is 2.07 bits per heavy atom. The van der Waals surface area contributed by atoms with E-state index in [-0.39, 0.29) is 17.6 Å². The minimum atomic E-state index is -0.438. The predicted octanol–water partition coefficient (Wildman–Crippen LogP) is 3.58. The third kappa shape index (κ3) is 3.32. The molecular formula is C23H23N3O3. The third-order valence-corrected chi connectivity index (χ3v) is 5.56. The van der Waals surface area contributed by atoms with Crippen molar-refractivity contribution < 1.29 is 14.3 Å². The molecule has 148 valence electrons. The molecule has 0 aromatic heterocycles. The Morgan fingerprint density at radius 3 is 2.76 bits per heavy atom. The highest BCUT2D eigenvalue weighted by Gasteiger charge is 2.45. The zero-order chi connectivity index (χ0) is 20.5. The molecule has 6 heteroatoms. The summed E-state index contributed by atoms with van der Waals surface area (Å²) in [6, 6.07) is 9.78. The second kappa shape index (κ2) is 7.57. The van der Waals surface area contributed by atoms with Gasteiger partial charge in [0.05, 0.1) is 18.6 Å². The number of methoxy groups -OCH3 is 1. The van der Waals surface area contributed by atoms with Crippen LogP contribution in [0.3, 0.4) is 0 Å². The first kappa shape index (κ1) is 19.0. The lowest BCUT2D eigenvalue weighted by Gasteiger charge is -2.30. The summed E-state index contributed by atoms with van der Waals surface area (Å²) in [5, 5.41) is 16.0. The number of hydrogen-bond donors (Lipinski definition) is 2. The number of carbonyl (C=O) groups excluding carboxylic acids is 1. The molecule has 2 aliphatic heterocycles. The van der Waals surface area contributed by atoms with E-state index in [9.17, 15) is 4.79 Å². The van der Waals surface area contributed by atoms with Crippen LogP contribution in [0.2, 0.25) is 0 Å². The summed E-state index contributed by atoms with van der Waals surface area (Å²) in [5.41, 5.74) is 2.98. The van der Waals surface area contributed by atoms with E-state index in [1.165, 1.54) is 0 Å². The fraction of sp³-hybridized carbons (Fsp3) is 0.304. The van der Waals surface area contributed by atoms with Crippen LogP contribution in [0.25, 0.3) is 0 Å². The zero-order valence-corrected chi connectivity index (χ0v) is 16.5. The molecule has 3 aliphatic rings. The van der Waals surface area contributed by atoms with Gasteiger partial charge in [-0.3, -0.25) is 15.6 Å². The van der Waals surface area contributed by atoms with Crippen molar-refractivity contribution in [1.29, 1.82) is 10.8 Å². The Morgan fingerprint density at radius 1 is 1.31 bits per heavy atom. The van der Waals surface area contributed by atoms with Crippen LogP contribution in [0.15, 0.2) is 70.7 Å². The van der Waals surface area contributed by atoms with Gasteiger partial charge in [-0.1, -0.05) is 49.4 Å².